The Bertz CT molecular complexity index is 638. The molecule has 1 aromatic rings. The Balaban J connectivity index is 1.73. The van der Waals surface area contributed by atoms with Crippen molar-refractivity contribution < 1.29 is 14.4 Å². The summed E-state index contributed by atoms with van der Waals surface area (Å²) in [5.74, 6) is 0.372. The Hall–Kier alpha value is -1.97. The summed E-state index contributed by atoms with van der Waals surface area (Å²) in [6.07, 6.45) is 3.19. The summed E-state index contributed by atoms with van der Waals surface area (Å²) in [6.45, 7) is 1.49. The van der Waals surface area contributed by atoms with Gasteiger partial charge in [-0.3, -0.25) is 19.3 Å². The zero-order chi connectivity index (χ0) is 14.7. The summed E-state index contributed by atoms with van der Waals surface area (Å²) in [7, 11) is 0. The number of nitrogens with zero attached hydrogens (tertiary/aromatic N) is 1. The maximum absolute atomic E-state index is 12.7. The molecule has 4 nitrogen and oxygen atoms in total. The fraction of sp³-hybridized carbons (Fsp3) is 0.471. The first-order chi connectivity index (χ1) is 10.1. The lowest BCUT2D eigenvalue weighted by atomic mass is 9.81. The van der Waals surface area contributed by atoms with Crippen molar-refractivity contribution in [2.45, 2.75) is 26.2 Å². The maximum atomic E-state index is 12.7. The lowest BCUT2D eigenvalue weighted by molar-refractivity contribution is -0.123. The van der Waals surface area contributed by atoms with E-state index in [1.165, 1.54) is 11.8 Å². The minimum atomic E-state index is -0.114. The molecule has 0 unspecified atom stereocenters. The predicted molar refractivity (Wildman–Crippen MR) is 76.8 cm³/mol. The van der Waals surface area contributed by atoms with Crippen LogP contribution in [0.15, 0.2) is 24.3 Å². The number of Topliss-reactive ketones (excluding diaryl/α,β-unsaturated/α-hetero) is 1. The van der Waals surface area contributed by atoms with E-state index >= 15 is 0 Å². The molecular formula is C17H17NO3. The van der Waals surface area contributed by atoms with Crippen LogP contribution in [0.3, 0.4) is 0 Å². The number of rotatable bonds is 2. The molecule has 0 spiro atoms. The largest absolute Gasteiger partial charge is 0.295 e. The van der Waals surface area contributed by atoms with Crippen LogP contribution in [0.25, 0.3) is 0 Å². The molecule has 1 aliphatic heterocycles. The summed E-state index contributed by atoms with van der Waals surface area (Å²) in [5.41, 5.74) is 1.08. The molecule has 0 N–H and O–H groups in total. The number of imide groups is 1. The van der Waals surface area contributed by atoms with E-state index in [0.717, 1.165) is 19.3 Å². The van der Waals surface area contributed by atoms with Crippen molar-refractivity contribution in [3.63, 3.8) is 0 Å². The highest BCUT2D eigenvalue weighted by Crippen LogP contribution is 2.56. The van der Waals surface area contributed by atoms with Crippen molar-refractivity contribution >= 4 is 23.3 Å². The maximum Gasteiger partial charge on any atom is 0.237 e. The van der Waals surface area contributed by atoms with Crippen LogP contribution in [0.2, 0.25) is 0 Å². The van der Waals surface area contributed by atoms with Crippen molar-refractivity contribution in [1.29, 1.82) is 0 Å². The monoisotopic (exact) mass is 283 g/mol. The minimum Gasteiger partial charge on any atom is -0.295 e. The second kappa shape index (κ2) is 4.26. The third-order valence-corrected chi connectivity index (χ3v) is 5.44. The van der Waals surface area contributed by atoms with Gasteiger partial charge in [-0.15, -0.1) is 0 Å². The molecule has 3 aliphatic rings. The molecule has 4 atom stereocenters. The zero-order valence-corrected chi connectivity index (χ0v) is 11.9. The van der Waals surface area contributed by atoms with Crippen molar-refractivity contribution in [3.8, 4) is 0 Å². The Morgan fingerprint density at radius 1 is 1.10 bits per heavy atom. The third-order valence-electron chi connectivity index (χ3n) is 5.44. The summed E-state index contributed by atoms with van der Waals surface area (Å²) in [6, 6.07) is 6.84. The van der Waals surface area contributed by atoms with Crippen LogP contribution in [0.5, 0.6) is 0 Å². The van der Waals surface area contributed by atoms with Gasteiger partial charge in [0, 0.05) is 5.56 Å². The highest BCUT2D eigenvalue weighted by Gasteiger charge is 2.61. The van der Waals surface area contributed by atoms with Gasteiger partial charge in [-0.2, -0.15) is 0 Å². The van der Waals surface area contributed by atoms with Gasteiger partial charge in [0.2, 0.25) is 11.8 Å². The van der Waals surface area contributed by atoms with E-state index in [-0.39, 0.29) is 29.4 Å². The Morgan fingerprint density at radius 3 is 2.29 bits per heavy atom. The number of hydrogen-bond acceptors (Lipinski definition) is 3. The first-order valence-electron chi connectivity index (χ1n) is 7.56. The summed E-state index contributed by atoms with van der Waals surface area (Å²) >= 11 is 0. The fourth-order valence-electron chi connectivity index (χ4n) is 4.53. The molecule has 1 heterocycles. The van der Waals surface area contributed by atoms with Gasteiger partial charge < -0.3 is 0 Å². The first kappa shape index (κ1) is 12.7. The summed E-state index contributed by atoms with van der Waals surface area (Å²) in [4.78, 5) is 38.2. The van der Waals surface area contributed by atoms with E-state index in [1.54, 1.807) is 24.3 Å². The molecule has 108 valence electrons. The molecule has 2 aliphatic carbocycles. The van der Waals surface area contributed by atoms with Crippen LogP contribution in [-0.2, 0) is 9.59 Å². The first-order valence-corrected chi connectivity index (χ1v) is 7.56. The number of ketones is 1. The van der Waals surface area contributed by atoms with Gasteiger partial charge in [-0.05, 0) is 50.2 Å². The van der Waals surface area contributed by atoms with Gasteiger partial charge in [0.25, 0.3) is 0 Å². The topological polar surface area (TPSA) is 54.5 Å². The summed E-state index contributed by atoms with van der Waals surface area (Å²) in [5, 5.41) is 0. The van der Waals surface area contributed by atoms with Gasteiger partial charge in [0.1, 0.15) is 0 Å². The Kier molecular flexibility index (Phi) is 2.59. The molecule has 0 aromatic heterocycles. The average Bonchev–Trinajstić information content (AvgIpc) is 3.13. The molecule has 1 saturated heterocycles. The highest BCUT2D eigenvalue weighted by molar-refractivity contribution is 6.22. The van der Waals surface area contributed by atoms with Gasteiger partial charge in [0.05, 0.1) is 17.5 Å². The molecule has 21 heavy (non-hydrogen) atoms. The van der Waals surface area contributed by atoms with Gasteiger partial charge in [-0.1, -0.05) is 12.1 Å². The SMILES string of the molecule is CC(=O)c1cccc(N2C(=O)[C@H]3[C@@H]4CC[C@@H](C4)[C@@H]3C2=O)c1. The second-order valence-electron chi connectivity index (χ2n) is 6.50. The van der Waals surface area contributed by atoms with Crippen LogP contribution in [0.4, 0.5) is 5.69 Å². The van der Waals surface area contributed by atoms with Crippen LogP contribution < -0.4 is 4.90 Å². The van der Waals surface area contributed by atoms with E-state index in [4.69, 9.17) is 0 Å². The molecule has 1 aromatic carbocycles. The number of amides is 2. The van der Waals surface area contributed by atoms with Gasteiger partial charge in [0.15, 0.2) is 5.78 Å². The molecule has 2 bridgehead atoms. The normalized spacial score (nSPS) is 33.7. The summed E-state index contributed by atoms with van der Waals surface area (Å²) < 4.78 is 0. The van der Waals surface area contributed by atoms with Crippen molar-refractivity contribution in [2.24, 2.45) is 23.7 Å². The van der Waals surface area contributed by atoms with Crippen molar-refractivity contribution in [2.75, 3.05) is 4.90 Å². The van der Waals surface area contributed by atoms with Crippen molar-refractivity contribution in [1.82, 2.24) is 0 Å². The molecule has 2 amide bonds. The van der Waals surface area contributed by atoms with E-state index < -0.39 is 0 Å². The Labute approximate surface area is 123 Å². The molecule has 0 radical (unpaired) electrons. The molecular weight excluding hydrogens is 266 g/mol. The van der Waals surface area contributed by atoms with E-state index in [2.05, 4.69) is 0 Å². The minimum absolute atomic E-state index is 0.0575. The number of fused-ring (bicyclic) bond motifs is 5. The molecule has 4 heteroatoms. The number of carbonyl (C=O) groups excluding carboxylic acids is 3. The van der Waals surface area contributed by atoms with Gasteiger partial charge >= 0.3 is 0 Å². The quantitative estimate of drug-likeness (QED) is 0.618. The van der Waals surface area contributed by atoms with Gasteiger partial charge in [-0.25, -0.2) is 0 Å². The molecule has 2 saturated carbocycles. The Morgan fingerprint density at radius 2 is 1.71 bits per heavy atom. The number of hydrogen-bond donors (Lipinski definition) is 0. The molecule has 3 fully saturated rings. The number of benzene rings is 1. The van der Waals surface area contributed by atoms with Crippen LogP contribution in [0.1, 0.15) is 36.5 Å². The van der Waals surface area contributed by atoms with Crippen LogP contribution in [0, 0.1) is 23.7 Å². The molecule has 4 rings (SSSR count). The number of carbonyl (C=O) groups is 3. The van der Waals surface area contributed by atoms with Crippen LogP contribution >= 0.6 is 0 Å². The van der Waals surface area contributed by atoms with Crippen LogP contribution in [-0.4, -0.2) is 17.6 Å². The average molecular weight is 283 g/mol. The smallest absolute Gasteiger partial charge is 0.237 e. The second-order valence-corrected chi connectivity index (χ2v) is 6.50. The van der Waals surface area contributed by atoms with E-state index in [0.29, 0.717) is 23.1 Å². The lowest BCUT2D eigenvalue weighted by Crippen LogP contribution is -2.32. The van der Waals surface area contributed by atoms with E-state index in [1.807, 2.05) is 0 Å². The predicted octanol–water partition coefficient (Wildman–Crippen LogP) is 2.42. The number of anilines is 1. The highest BCUT2D eigenvalue weighted by atomic mass is 16.2. The fourth-order valence-corrected chi connectivity index (χ4v) is 4.53. The zero-order valence-electron chi connectivity index (χ0n) is 11.9. The van der Waals surface area contributed by atoms with Crippen molar-refractivity contribution in [3.05, 3.63) is 29.8 Å². The van der Waals surface area contributed by atoms with E-state index in [9.17, 15) is 14.4 Å². The standard InChI is InChI=1S/C17H17NO3/c1-9(19)10-3-2-4-13(8-10)18-16(20)14-11-5-6-12(7-11)15(14)17(18)21/h2-4,8,11-12,14-15H,5-7H2,1H3/t11-,12+,14-,15-/m0/s1. The third kappa shape index (κ3) is 1.65. The lowest BCUT2D eigenvalue weighted by Gasteiger charge is -2.19.